The number of hydrogen-bond acceptors (Lipinski definition) is 3. The number of halogens is 1. The number of carbonyl (C=O) groups is 1. The minimum Gasteiger partial charge on any atom is -0.399 e. The molecule has 0 saturated heterocycles. The highest BCUT2D eigenvalue weighted by molar-refractivity contribution is 7.12. The Hall–Kier alpha value is -1.88. The summed E-state index contributed by atoms with van der Waals surface area (Å²) in [7, 11) is 1.67. The van der Waals surface area contributed by atoms with Crippen LogP contribution in [0.2, 0.25) is 0 Å². The number of benzene rings is 1. The third-order valence-electron chi connectivity index (χ3n) is 3.30. The van der Waals surface area contributed by atoms with Crippen molar-refractivity contribution in [3.63, 3.8) is 0 Å². The van der Waals surface area contributed by atoms with Crippen molar-refractivity contribution >= 4 is 22.9 Å². The summed E-state index contributed by atoms with van der Waals surface area (Å²) in [5, 5.41) is 0. The molecule has 0 fully saturated rings. The molecule has 0 bridgehead atoms. The maximum atomic E-state index is 13.7. The SMILES string of the molecule is Cc1ccc(C(C)N(C)C(=O)c2cc(N)ccc2F)s1. The molecule has 2 N–H and O–H groups in total. The van der Waals surface area contributed by atoms with Crippen LogP contribution in [0.4, 0.5) is 10.1 Å². The van der Waals surface area contributed by atoms with Gasteiger partial charge in [0.25, 0.3) is 5.91 Å². The molecule has 2 aromatic rings. The number of carbonyl (C=O) groups excluding carboxylic acids is 1. The van der Waals surface area contributed by atoms with Gasteiger partial charge in [-0.25, -0.2) is 4.39 Å². The van der Waals surface area contributed by atoms with Gasteiger partial charge in [0.2, 0.25) is 0 Å². The fourth-order valence-corrected chi connectivity index (χ4v) is 2.91. The summed E-state index contributed by atoms with van der Waals surface area (Å²) in [6, 6.07) is 7.93. The second kappa shape index (κ2) is 5.63. The number of hydrogen-bond donors (Lipinski definition) is 1. The Morgan fingerprint density at radius 2 is 2.05 bits per heavy atom. The Kier molecular flexibility index (Phi) is 4.09. The van der Waals surface area contributed by atoms with E-state index in [1.165, 1.54) is 28.0 Å². The van der Waals surface area contributed by atoms with E-state index in [2.05, 4.69) is 0 Å². The van der Waals surface area contributed by atoms with Crippen molar-refractivity contribution in [2.24, 2.45) is 0 Å². The molecule has 0 aliphatic rings. The van der Waals surface area contributed by atoms with Crippen molar-refractivity contribution in [2.75, 3.05) is 12.8 Å². The van der Waals surface area contributed by atoms with Gasteiger partial charge in [-0.05, 0) is 44.2 Å². The number of thiophene rings is 1. The Labute approximate surface area is 121 Å². The summed E-state index contributed by atoms with van der Waals surface area (Å²) < 4.78 is 13.7. The van der Waals surface area contributed by atoms with E-state index in [4.69, 9.17) is 5.73 Å². The van der Waals surface area contributed by atoms with Gasteiger partial charge in [0.1, 0.15) is 5.82 Å². The zero-order valence-electron chi connectivity index (χ0n) is 11.7. The molecule has 0 aliphatic heterocycles. The number of nitrogen functional groups attached to an aromatic ring is 1. The van der Waals surface area contributed by atoms with Crippen molar-refractivity contribution in [1.82, 2.24) is 4.90 Å². The molecule has 5 heteroatoms. The highest BCUT2D eigenvalue weighted by atomic mass is 32.1. The summed E-state index contributed by atoms with van der Waals surface area (Å²) in [6.45, 7) is 3.94. The smallest absolute Gasteiger partial charge is 0.257 e. The average molecular weight is 292 g/mol. The molecule has 1 aromatic carbocycles. The number of nitrogens with zero attached hydrogens (tertiary/aromatic N) is 1. The van der Waals surface area contributed by atoms with Crippen molar-refractivity contribution in [2.45, 2.75) is 19.9 Å². The van der Waals surface area contributed by atoms with Crippen LogP contribution >= 0.6 is 11.3 Å². The second-order valence-electron chi connectivity index (χ2n) is 4.78. The number of nitrogens with two attached hydrogens (primary N) is 1. The van der Waals surface area contributed by atoms with Crippen LogP contribution in [-0.4, -0.2) is 17.9 Å². The van der Waals surface area contributed by atoms with Gasteiger partial charge in [-0.1, -0.05) is 0 Å². The second-order valence-corrected chi connectivity index (χ2v) is 6.10. The molecule has 0 aliphatic carbocycles. The third kappa shape index (κ3) is 2.82. The van der Waals surface area contributed by atoms with Gasteiger partial charge in [0.05, 0.1) is 11.6 Å². The predicted octanol–water partition coefficient (Wildman–Crippen LogP) is 3.61. The molecule has 20 heavy (non-hydrogen) atoms. The third-order valence-corrected chi connectivity index (χ3v) is 4.47. The van der Waals surface area contributed by atoms with Crippen molar-refractivity contribution in [3.05, 3.63) is 51.5 Å². The lowest BCUT2D eigenvalue weighted by Gasteiger charge is -2.24. The number of rotatable bonds is 3. The maximum Gasteiger partial charge on any atom is 0.257 e. The van der Waals surface area contributed by atoms with E-state index in [-0.39, 0.29) is 17.5 Å². The molecule has 106 valence electrons. The predicted molar refractivity (Wildman–Crippen MR) is 80.4 cm³/mol. The molecule has 3 nitrogen and oxygen atoms in total. The number of amides is 1. The lowest BCUT2D eigenvalue weighted by atomic mass is 10.1. The van der Waals surface area contributed by atoms with E-state index >= 15 is 0 Å². The van der Waals surface area contributed by atoms with E-state index in [0.29, 0.717) is 5.69 Å². The minimum atomic E-state index is -0.550. The largest absolute Gasteiger partial charge is 0.399 e. The summed E-state index contributed by atoms with van der Waals surface area (Å²) >= 11 is 1.63. The molecule has 0 spiro atoms. The Morgan fingerprint density at radius 1 is 1.35 bits per heavy atom. The lowest BCUT2D eigenvalue weighted by molar-refractivity contribution is 0.0740. The fourth-order valence-electron chi connectivity index (χ4n) is 1.94. The molecular formula is C15H17FN2OS. The van der Waals surface area contributed by atoms with Gasteiger partial charge >= 0.3 is 0 Å². The highest BCUT2D eigenvalue weighted by Gasteiger charge is 2.22. The molecule has 1 heterocycles. The minimum absolute atomic E-state index is 0.00706. The van der Waals surface area contributed by atoms with E-state index < -0.39 is 5.82 Å². The molecule has 1 aromatic heterocycles. The first-order valence-corrected chi connectivity index (χ1v) is 7.10. The summed E-state index contributed by atoms with van der Waals surface area (Å²) in [6.07, 6.45) is 0. The van der Waals surface area contributed by atoms with Crippen LogP contribution in [0.5, 0.6) is 0 Å². The zero-order valence-corrected chi connectivity index (χ0v) is 12.5. The topological polar surface area (TPSA) is 46.3 Å². The lowest BCUT2D eigenvalue weighted by Crippen LogP contribution is -2.30. The van der Waals surface area contributed by atoms with Gasteiger partial charge in [0.15, 0.2) is 0 Å². The summed E-state index contributed by atoms with van der Waals surface area (Å²) in [5.74, 6) is -0.918. The van der Waals surface area contributed by atoms with Crippen LogP contribution in [0.3, 0.4) is 0 Å². The Morgan fingerprint density at radius 3 is 2.65 bits per heavy atom. The molecule has 2 rings (SSSR count). The molecule has 1 unspecified atom stereocenters. The molecular weight excluding hydrogens is 275 g/mol. The van der Waals surface area contributed by atoms with Crippen molar-refractivity contribution in [1.29, 1.82) is 0 Å². The van der Waals surface area contributed by atoms with E-state index in [9.17, 15) is 9.18 Å². The van der Waals surface area contributed by atoms with Crippen LogP contribution in [0.25, 0.3) is 0 Å². The highest BCUT2D eigenvalue weighted by Crippen LogP contribution is 2.28. The zero-order chi connectivity index (χ0) is 14.9. The standard InChI is InChI=1S/C15H17FN2OS/c1-9-4-7-14(20-9)10(2)18(3)15(19)12-8-11(17)5-6-13(12)16/h4-8,10H,17H2,1-3H3. The first kappa shape index (κ1) is 14.5. The summed E-state index contributed by atoms with van der Waals surface area (Å²) in [5.41, 5.74) is 6.01. The quantitative estimate of drug-likeness (QED) is 0.878. The van der Waals surface area contributed by atoms with Gasteiger partial charge in [-0.2, -0.15) is 0 Å². The van der Waals surface area contributed by atoms with Crippen LogP contribution in [0.1, 0.15) is 33.1 Å². The van der Waals surface area contributed by atoms with Crippen LogP contribution in [0.15, 0.2) is 30.3 Å². The van der Waals surface area contributed by atoms with Crippen LogP contribution in [0, 0.1) is 12.7 Å². The van der Waals surface area contributed by atoms with E-state index in [1.54, 1.807) is 18.4 Å². The maximum absolute atomic E-state index is 13.7. The molecule has 1 amide bonds. The number of anilines is 1. The monoisotopic (exact) mass is 292 g/mol. The molecule has 0 radical (unpaired) electrons. The fraction of sp³-hybridized carbons (Fsp3) is 0.267. The van der Waals surface area contributed by atoms with Crippen LogP contribution < -0.4 is 5.73 Å². The number of aryl methyl sites for hydroxylation is 1. The molecule has 0 saturated carbocycles. The first-order chi connectivity index (χ1) is 9.40. The van der Waals surface area contributed by atoms with E-state index in [1.807, 2.05) is 26.0 Å². The average Bonchev–Trinajstić information content (AvgIpc) is 2.85. The van der Waals surface area contributed by atoms with Crippen molar-refractivity contribution in [3.8, 4) is 0 Å². The van der Waals surface area contributed by atoms with Gasteiger partial charge < -0.3 is 10.6 Å². The van der Waals surface area contributed by atoms with Gasteiger partial charge in [-0.15, -0.1) is 11.3 Å². The molecule has 1 atom stereocenters. The van der Waals surface area contributed by atoms with Crippen molar-refractivity contribution < 1.29 is 9.18 Å². The van der Waals surface area contributed by atoms with Crippen LogP contribution in [-0.2, 0) is 0 Å². The normalized spacial score (nSPS) is 12.2. The first-order valence-electron chi connectivity index (χ1n) is 6.28. The summed E-state index contributed by atoms with van der Waals surface area (Å²) in [4.78, 5) is 16.2. The van der Waals surface area contributed by atoms with Gasteiger partial charge in [0, 0.05) is 22.5 Å². The Balaban J connectivity index is 2.26. The van der Waals surface area contributed by atoms with Gasteiger partial charge in [-0.3, -0.25) is 4.79 Å². The Bertz CT molecular complexity index is 639. The van der Waals surface area contributed by atoms with E-state index in [0.717, 1.165) is 4.88 Å².